The van der Waals surface area contributed by atoms with Gasteiger partial charge in [-0.05, 0) is 62.1 Å². The molecule has 1 fully saturated rings. The monoisotopic (exact) mass is 684 g/mol. The largest absolute Gasteiger partial charge is 0.466 e. The second-order valence-corrected chi connectivity index (χ2v) is 13.2. The van der Waals surface area contributed by atoms with Gasteiger partial charge in [-0.2, -0.15) is 0 Å². The molecule has 3 aliphatic rings. The SMILES string of the molecule is C=C(N[C@@H](CC(=O)OCC)C(=O)OCC)[C@@]1(c2ccccc2)CC[C@H](C(=O)N2CCC(NC(=O)C3=CC(C)CNC3=O)CC2)c2ccccc21. The predicted molar refractivity (Wildman–Crippen MR) is 188 cm³/mol. The lowest BCUT2D eigenvalue weighted by Crippen LogP contribution is -2.51. The molecule has 2 aromatic rings. The first-order valence-corrected chi connectivity index (χ1v) is 17.6. The molecule has 0 radical (unpaired) electrons. The highest BCUT2D eigenvalue weighted by Crippen LogP contribution is 2.50. The third-order valence-electron chi connectivity index (χ3n) is 9.95. The van der Waals surface area contributed by atoms with Crippen LogP contribution in [0.15, 0.2) is 78.5 Å². The molecule has 11 heteroatoms. The summed E-state index contributed by atoms with van der Waals surface area (Å²) in [5, 5.41) is 9.02. The molecule has 2 aromatic carbocycles. The summed E-state index contributed by atoms with van der Waals surface area (Å²) in [6.45, 7) is 11.7. The molecule has 0 bridgehead atoms. The number of nitrogens with one attached hydrogen (secondary N) is 3. The number of allylic oxidation sites excluding steroid dienone is 1. The maximum Gasteiger partial charge on any atom is 0.329 e. The molecule has 3 N–H and O–H groups in total. The Hall–Kier alpha value is -4.93. The topological polar surface area (TPSA) is 143 Å². The number of piperidine rings is 1. The van der Waals surface area contributed by atoms with Crippen LogP contribution in [0.1, 0.15) is 75.5 Å². The molecular formula is C39H48N4O7. The number of rotatable bonds is 12. The lowest BCUT2D eigenvalue weighted by molar-refractivity contribution is -0.152. The van der Waals surface area contributed by atoms with Crippen molar-refractivity contribution in [3.05, 3.63) is 95.2 Å². The summed E-state index contributed by atoms with van der Waals surface area (Å²) in [5.74, 6) is -2.12. The van der Waals surface area contributed by atoms with Gasteiger partial charge in [-0.1, -0.05) is 74.2 Å². The second kappa shape index (κ2) is 16.2. The maximum absolute atomic E-state index is 14.2. The first-order chi connectivity index (χ1) is 24.1. The smallest absolute Gasteiger partial charge is 0.329 e. The van der Waals surface area contributed by atoms with Crippen LogP contribution in [0.4, 0.5) is 0 Å². The van der Waals surface area contributed by atoms with E-state index in [4.69, 9.17) is 9.47 Å². The fourth-order valence-corrected chi connectivity index (χ4v) is 7.44. The predicted octanol–water partition coefficient (Wildman–Crippen LogP) is 3.64. The van der Waals surface area contributed by atoms with Crippen LogP contribution in [-0.2, 0) is 38.9 Å². The van der Waals surface area contributed by atoms with Gasteiger partial charge in [0.25, 0.3) is 11.8 Å². The summed E-state index contributed by atoms with van der Waals surface area (Å²) >= 11 is 0. The van der Waals surface area contributed by atoms with E-state index >= 15 is 0 Å². The van der Waals surface area contributed by atoms with Gasteiger partial charge in [-0.3, -0.25) is 19.2 Å². The fraction of sp³-hybridized carbons (Fsp3) is 0.462. The van der Waals surface area contributed by atoms with Gasteiger partial charge in [0.1, 0.15) is 11.6 Å². The van der Waals surface area contributed by atoms with Gasteiger partial charge in [0.15, 0.2) is 0 Å². The Labute approximate surface area is 293 Å². The van der Waals surface area contributed by atoms with Crippen molar-refractivity contribution in [3.8, 4) is 0 Å². The van der Waals surface area contributed by atoms with E-state index in [1.807, 2.05) is 66.4 Å². The number of likely N-dealkylation sites (tertiary alicyclic amines) is 1. The number of nitrogens with zero attached hydrogens (tertiary/aromatic N) is 1. The van der Waals surface area contributed by atoms with Crippen LogP contribution in [-0.4, -0.2) is 79.5 Å². The second-order valence-electron chi connectivity index (χ2n) is 13.2. The Morgan fingerprint density at radius 1 is 0.980 bits per heavy atom. The Morgan fingerprint density at radius 2 is 1.66 bits per heavy atom. The van der Waals surface area contributed by atoms with Crippen molar-refractivity contribution in [3.63, 3.8) is 0 Å². The average Bonchev–Trinajstić information content (AvgIpc) is 3.12. The van der Waals surface area contributed by atoms with Crippen LogP contribution in [0.2, 0.25) is 0 Å². The van der Waals surface area contributed by atoms with E-state index < -0.39 is 29.3 Å². The number of benzene rings is 2. The zero-order valence-electron chi connectivity index (χ0n) is 29.2. The fourth-order valence-electron chi connectivity index (χ4n) is 7.44. The Bertz CT molecular complexity index is 1630. The van der Waals surface area contributed by atoms with Gasteiger partial charge in [0, 0.05) is 31.4 Å². The number of fused-ring (bicyclic) bond motifs is 1. The lowest BCUT2D eigenvalue weighted by Gasteiger charge is -2.45. The van der Waals surface area contributed by atoms with E-state index in [-0.39, 0.29) is 54.9 Å². The number of ether oxygens (including phenoxy) is 2. The van der Waals surface area contributed by atoms with Crippen molar-refractivity contribution in [2.75, 3.05) is 32.8 Å². The summed E-state index contributed by atoms with van der Waals surface area (Å²) in [4.78, 5) is 66.8. The van der Waals surface area contributed by atoms with Crippen molar-refractivity contribution in [1.29, 1.82) is 0 Å². The van der Waals surface area contributed by atoms with Crippen molar-refractivity contribution in [2.45, 2.75) is 76.3 Å². The minimum absolute atomic E-state index is 0.0253. The average molecular weight is 685 g/mol. The van der Waals surface area contributed by atoms with Crippen LogP contribution in [0.25, 0.3) is 0 Å². The standard InChI is InChI=1S/C39H48N4O7/c1-5-49-34(44)23-33(38(48)50-6-2)41-26(4)39(27-12-8-7-9-13-27)19-16-30(29-14-10-11-15-32(29)39)37(47)43-20-17-28(18-21-43)42-36(46)31-22-25(3)24-40-35(31)45/h7-15,22,25,28,30,33,41H,4-6,16-21,23-24H2,1-3H3,(H,40,45)(H,42,46)/t25?,30-,33-,39+/m0/s1. The number of hydrogen-bond acceptors (Lipinski definition) is 8. The number of hydrogen-bond donors (Lipinski definition) is 3. The highest BCUT2D eigenvalue weighted by Gasteiger charge is 2.47. The van der Waals surface area contributed by atoms with E-state index in [2.05, 4.69) is 22.5 Å². The van der Waals surface area contributed by atoms with E-state index in [1.165, 1.54) is 0 Å². The summed E-state index contributed by atoms with van der Waals surface area (Å²) in [6.07, 6.45) is 3.70. The zero-order valence-corrected chi connectivity index (χ0v) is 29.2. The third kappa shape index (κ3) is 7.77. The normalized spacial score (nSPS) is 22.6. The summed E-state index contributed by atoms with van der Waals surface area (Å²) < 4.78 is 10.5. The highest BCUT2D eigenvalue weighted by molar-refractivity contribution is 6.18. The van der Waals surface area contributed by atoms with Crippen molar-refractivity contribution < 1.29 is 33.4 Å². The molecule has 0 aromatic heterocycles. The molecule has 0 spiro atoms. The van der Waals surface area contributed by atoms with Crippen LogP contribution >= 0.6 is 0 Å². The minimum atomic E-state index is -1.01. The number of carbonyl (C=O) groups excluding carboxylic acids is 5. The van der Waals surface area contributed by atoms with Crippen molar-refractivity contribution in [2.24, 2.45) is 5.92 Å². The van der Waals surface area contributed by atoms with Crippen molar-refractivity contribution in [1.82, 2.24) is 20.9 Å². The molecule has 4 atom stereocenters. The van der Waals surface area contributed by atoms with E-state index in [1.54, 1.807) is 19.9 Å². The number of carbonyl (C=O) groups is 5. The Kier molecular flexibility index (Phi) is 11.8. The van der Waals surface area contributed by atoms with Crippen LogP contribution < -0.4 is 16.0 Å². The molecule has 5 rings (SSSR count). The minimum Gasteiger partial charge on any atom is -0.466 e. The van der Waals surface area contributed by atoms with E-state index in [9.17, 15) is 24.0 Å². The molecule has 1 unspecified atom stereocenters. The maximum atomic E-state index is 14.2. The van der Waals surface area contributed by atoms with Crippen LogP contribution in [0.3, 0.4) is 0 Å². The molecule has 2 heterocycles. The molecular weight excluding hydrogens is 636 g/mol. The highest BCUT2D eigenvalue weighted by atomic mass is 16.5. The van der Waals surface area contributed by atoms with Crippen LogP contribution in [0.5, 0.6) is 0 Å². The molecule has 1 saturated heterocycles. The molecule has 2 aliphatic heterocycles. The molecule has 11 nitrogen and oxygen atoms in total. The number of esters is 2. The Morgan fingerprint density at radius 3 is 2.36 bits per heavy atom. The summed E-state index contributed by atoms with van der Waals surface area (Å²) in [5.41, 5.74) is 2.59. The summed E-state index contributed by atoms with van der Waals surface area (Å²) in [6, 6.07) is 16.6. The summed E-state index contributed by atoms with van der Waals surface area (Å²) in [7, 11) is 0. The Balaban J connectivity index is 1.37. The first kappa shape index (κ1) is 36.4. The molecule has 3 amide bonds. The van der Waals surface area contributed by atoms with Gasteiger partial charge in [0.05, 0.1) is 31.0 Å². The molecule has 0 saturated carbocycles. The lowest BCUT2D eigenvalue weighted by atomic mass is 9.61. The van der Waals surface area contributed by atoms with E-state index in [0.29, 0.717) is 51.0 Å². The number of amides is 3. The van der Waals surface area contributed by atoms with Gasteiger partial charge in [-0.25, -0.2) is 4.79 Å². The van der Waals surface area contributed by atoms with Crippen molar-refractivity contribution >= 4 is 29.7 Å². The van der Waals surface area contributed by atoms with Gasteiger partial charge < -0.3 is 30.3 Å². The molecule has 50 heavy (non-hydrogen) atoms. The van der Waals surface area contributed by atoms with Gasteiger partial charge in [-0.15, -0.1) is 0 Å². The molecule has 1 aliphatic carbocycles. The van der Waals surface area contributed by atoms with Gasteiger partial charge >= 0.3 is 11.9 Å². The zero-order chi connectivity index (χ0) is 35.8. The van der Waals surface area contributed by atoms with E-state index in [0.717, 1.165) is 16.7 Å². The third-order valence-corrected chi connectivity index (χ3v) is 9.95. The first-order valence-electron chi connectivity index (χ1n) is 17.6. The van der Waals surface area contributed by atoms with Gasteiger partial charge in [0.2, 0.25) is 5.91 Å². The molecule has 266 valence electrons. The van der Waals surface area contributed by atoms with Crippen LogP contribution in [0, 0.1) is 5.92 Å². The quantitative estimate of drug-likeness (QED) is 0.227.